The second-order valence-corrected chi connectivity index (χ2v) is 5.67. The van der Waals surface area contributed by atoms with E-state index in [4.69, 9.17) is 19.2 Å². The number of nitrogens with zero attached hydrogens (tertiary/aromatic N) is 1. The average molecular weight is 341 g/mol. The molecular weight excluding hydrogens is 322 g/mol. The molecule has 2 atom stereocenters. The van der Waals surface area contributed by atoms with Crippen LogP contribution in [0.5, 0.6) is 5.75 Å². The quantitative estimate of drug-likeness (QED) is 0.869. The molecule has 1 aliphatic heterocycles. The van der Waals surface area contributed by atoms with Crippen molar-refractivity contribution in [2.45, 2.75) is 25.1 Å². The summed E-state index contributed by atoms with van der Waals surface area (Å²) in [5, 5.41) is 14.5. The molecule has 1 aliphatic rings. The number of hydrogen-bond donors (Lipinski definition) is 2. The van der Waals surface area contributed by atoms with Gasteiger partial charge in [0.05, 0.1) is 43.7 Å². The van der Waals surface area contributed by atoms with Crippen LogP contribution >= 0.6 is 0 Å². The zero-order valence-electron chi connectivity index (χ0n) is 13.6. The summed E-state index contributed by atoms with van der Waals surface area (Å²) >= 11 is 0. The van der Waals surface area contributed by atoms with Gasteiger partial charge in [-0.25, -0.2) is 4.79 Å². The van der Waals surface area contributed by atoms with Crippen molar-refractivity contribution in [3.05, 3.63) is 54.0 Å². The van der Waals surface area contributed by atoms with Gasteiger partial charge < -0.3 is 24.5 Å². The van der Waals surface area contributed by atoms with Crippen LogP contribution in [0.4, 0.5) is 4.79 Å². The Kier molecular flexibility index (Phi) is 5.54. The Hall–Kier alpha value is -2.98. The number of benzene rings is 1. The van der Waals surface area contributed by atoms with Crippen LogP contribution in [-0.4, -0.2) is 31.4 Å². The summed E-state index contributed by atoms with van der Waals surface area (Å²) < 4.78 is 16.6. The fourth-order valence-corrected chi connectivity index (χ4v) is 2.58. The molecule has 1 fully saturated rings. The number of carbonyl (C=O) groups excluding carboxylic acids is 1. The monoisotopic (exact) mass is 341 g/mol. The van der Waals surface area contributed by atoms with Crippen molar-refractivity contribution < 1.29 is 18.7 Å². The largest absolute Gasteiger partial charge is 0.488 e. The molecule has 7 heteroatoms. The van der Waals surface area contributed by atoms with Crippen molar-refractivity contribution >= 4 is 6.03 Å². The zero-order chi connectivity index (χ0) is 17.5. The third-order valence-corrected chi connectivity index (χ3v) is 3.88. The van der Waals surface area contributed by atoms with E-state index in [0.717, 1.165) is 0 Å². The number of rotatable bonds is 5. The summed E-state index contributed by atoms with van der Waals surface area (Å²) in [6, 6.07) is 12.0. The van der Waals surface area contributed by atoms with E-state index in [1.165, 1.54) is 0 Å². The van der Waals surface area contributed by atoms with Crippen molar-refractivity contribution in [2.75, 3.05) is 13.2 Å². The van der Waals surface area contributed by atoms with Gasteiger partial charge in [-0.15, -0.1) is 0 Å². The predicted molar refractivity (Wildman–Crippen MR) is 88.9 cm³/mol. The van der Waals surface area contributed by atoms with Gasteiger partial charge >= 0.3 is 6.03 Å². The lowest BCUT2D eigenvalue weighted by atomic mass is 10.1. The Balaban J connectivity index is 1.54. The van der Waals surface area contributed by atoms with Crippen LogP contribution in [0.15, 0.2) is 47.1 Å². The van der Waals surface area contributed by atoms with Crippen molar-refractivity contribution in [3.63, 3.8) is 0 Å². The Morgan fingerprint density at radius 3 is 2.88 bits per heavy atom. The smallest absolute Gasteiger partial charge is 0.315 e. The van der Waals surface area contributed by atoms with E-state index in [2.05, 4.69) is 16.7 Å². The van der Waals surface area contributed by atoms with Crippen LogP contribution in [0.25, 0.3) is 0 Å². The van der Waals surface area contributed by atoms with Crippen LogP contribution in [0.3, 0.4) is 0 Å². The Labute approximate surface area is 145 Å². The lowest BCUT2D eigenvalue weighted by Crippen LogP contribution is -2.54. The first kappa shape index (κ1) is 16.9. The first-order valence-corrected chi connectivity index (χ1v) is 8.06. The Morgan fingerprint density at radius 2 is 2.16 bits per heavy atom. The van der Waals surface area contributed by atoms with Crippen LogP contribution in [0.1, 0.15) is 17.7 Å². The van der Waals surface area contributed by atoms with Crippen LogP contribution in [0, 0.1) is 11.3 Å². The topological polar surface area (TPSA) is 96.5 Å². The van der Waals surface area contributed by atoms with E-state index in [1.807, 2.05) is 0 Å². The minimum atomic E-state index is -0.305. The Morgan fingerprint density at radius 1 is 1.32 bits per heavy atom. The molecule has 2 amide bonds. The molecule has 2 N–H and O–H groups in total. The van der Waals surface area contributed by atoms with Crippen molar-refractivity contribution in [1.29, 1.82) is 5.26 Å². The van der Waals surface area contributed by atoms with E-state index in [1.54, 1.807) is 42.7 Å². The summed E-state index contributed by atoms with van der Waals surface area (Å²) in [5.74, 6) is 1.34. The maximum Gasteiger partial charge on any atom is 0.315 e. The molecule has 0 radical (unpaired) electrons. The van der Waals surface area contributed by atoms with E-state index < -0.39 is 0 Å². The standard InChI is InChI=1S/C18H19N3O4/c19-10-13-3-5-14(6-4-13)25-17-7-9-23-12-16(17)21-18(22)20-11-15-2-1-8-24-15/h1-6,8,16-17H,7,9,11-12H2,(H2,20,21,22)/t16-,17-/m1/s1. The molecule has 0 unspecified atom stereocenters. The molecule has 7 nitrogen and oxygen atoms in total. The SMILES string of the molecule is N#Cc1ccc(O[C@@H]2CCOC[C@H]2NC(=O)NCc2ccco2)cc1. The van der Waals surface area contributed by atoms with E-state index in [0.29, 0.717) is 43.3 Å². The molecule has 2 aromatic rings. The van der Waals surface area contributed by atoms with Crippen molar-refractivity contribution in [3.8, 4) is 11.8 Å². The van der Waals surface area contributed by atoms with Gasteiger partial charge in [0.15, 0.2) is 0 Å². The summed E-state index contributed by atoms with van der Waals surface area (Å²) in [7, 11) is 0. The summed E-state index contributed by atoms with van der Waals surface area (Å²) in [6.07, 6.45) is 2.03. The number of hydrogen-bond acceptors (Lipinski definition) is 5. The fraction of sp³-hybridized carbons (Fsp3) is 0.333. The number of ether oxygens (including phenoxy) is 2. The van der Waals surface area contributed by atoms with E-state index in [-0.39, 0.29) is 18.2 Å². The first-order chi connectivity index (χ1) is 12.2. The maximum atomic E-state index is 12.1. The molecule has 1 aromatic heterocycles. The highest BCUT2D eigenvalue weighted by molar-refractivity contribution is 5.74. The molecule has 2 heterocycles. The minimum absolute atomic E-state index is 0.198. The van der Waals surface area contributed by atoms with Crippen LogP contribution in [0.2, 0.25) is 0 Å². The third kappa shape index (κ3) is 4.75. The van der Waals surface area contributed by atoms with Gasteiger partial charge in [0, 0.05) is 6.42 Å². The number of furan rings is 1. The van der Waals surface area contributed by atoms with Gasteiger partial charge in [0.1, 0.15) is 17.6 Å². The summed E-state index contributed by atoms with van der Waals surface area (Å²) in [4.78, 5) is 12.1. The number of nitrogens with one attached hydrogen (secondary N) is 2. The number of nitriles is 1. The molecule has 1 aromatic carbocycles. The molecule has 3 rings (SSSR count). The van der Waals surface area contributed by atoms with Crippen LogP contribution in [-0.2, 0) is 11.3 Å². The number of urea groups is 1. The van der Waals surface area contributed by atoms with E-state index in [9.17, 15) is 4.79 Å². The molecule has 0 spiro atoms. The molecule has 25 heavy (non-hydrogen) atoms. The zero-order valence-corrected chi connectivity index (χ0v) is 13.6. The fourth-order valence-electron chi connectivity index (χ4n) is 2.58. The molecular formula is C18H19N3O4. The van der Waals surface area contributed by atoms with Gasteiger partial charge in [-0.05, 0) is 36.4 Å². The lowest BCUT2D eigenvalue weighted by Gasteiger charge is -2.32. The van der Waals surface area contributed by atoms with E-state index >= 15 is 0 Å². The second kappa shape index (κ2) is 8.22. The molecule has 0 bridgehead atoms. The highest BCUT2D eigenvalue weighted by Crippen LogP contribution is 2.19. The molecule has 0 saturated carbocycles. The van der Waals surface area contributed by atoms with Crippen LogP contribution < -0.4 is 15.4 Å². The number of carbonyl (C=O) groups is 1. The van der Waals surface area contributed by atoms with Gasteiger partial charge in [-0.3, -0.25) is 0 Å². The highest BCUT2D eigenvalue weighted by atomic mass is 16.5. The number of amides is 2. The van der Waals surface area contributed by atoms with Gasteiger partial charge in [0.2, 0.25) is 0 Å². The summed E-state index contributed by atoms with van der Waals surface area (Å²) in [5.41, 5.74) is 0.575. The average Bonchev–Trinajstić information content (AvgIpc) is 3.16. The van der Waals surface area contributed by atoms with Gasteiger partial charge in [0.25, 0.3) is 0 Å². The molecule has 1 saturated heterocycles. The first-order valence-electron chi connectivity index (χ1n) is 8.06. The van der Waals surface area contributed by atoms with Gasteiger partial charge in [-0.2, -0.15) is 5.26 Å². The second-order valence-electron chi connectivity index (χ2n) is 5.67. The predicted octanol–water partition coefficient (Wildman–Crippen LogP) is 2.19. The normalized spacial score (nSPS) is 19.6. The third-order valence-electron chi connectivity index (χ3n) is 3.88. The Bertz CT molecular complexity index is 722. The molecule has 130 valence electrons. The van der Waals surface area contributed by atoms with Crippen molar-refractivity contribution in [2.24, 2.45) is 0 Å². The van der Waals surface area contributed by atoms with Gasteiger partial charge in [-0.1, -0.05) is 0 Å². The lowest BCUT2D eigenvalue weighted by molar-refractivity contribution is -0.000302. The maximum absolute atomic E-state index is 12.1. The van der Waals surface area contributed by atoms with Crippen molar-refractivity contribution in [1.82, 2.24) is 10.6 Å². The summed E-state index contributed by atoms with van der Waals surface area (Å²) in [6.45, 7) is 1.27. The minimum Gasteiger partial charge on any atom is -0.488 e. The highest BCUT2D eigenvalue weighted by Gasteiger charge is 2.29. The molecule has 0 aliphatic carbocycles.